The van der Waals surface area contributed by atoms with Crippen LogP contribution in [-0.4, -0.2) is 36.4 Å². The van der Waals surface area contributed by atoms with Crippen LogP contribution >= 0.6 is 0 Å². The fourth-order valence-corrected chi connectivity index (χ4v) is 3.65. The number of methoxy groups -OCH3 is 2. The van der Waals surface area contributed by atoms with Gasteiger partial charge >= 0.3 is 11.9 Å². The molecule has 0 amide bonds. The van der Waals surface area contributed by atoms with Gasteiger partial charge in [0.2, 0.25) is 0 Å². The van der Waals surface area contributed by atoms with Crippen LogP contribution in [0.1, 0.15) is 43.0 Å². The van der Waals surface area contributed by atoms with E-state index in [-0.39, 0.29) is 11.1 Å². The minimum atomic E-state index is -1.00. The van der Waals surface area contributed by atoms with Gasteiger partial charge in [-0.25, -0.2) is 9.59 Å². The van der Waals surface area contributed by atoms with E-state index in [1.807, 2.05) is 18.2 Å². The zero-order chi connectivity index (χ0) is 23.1. The van der Waals surface area contributed by atoms with Crippen molar-refractivity contribution in [3.05, 3.63) is 94.0 Å². The van der Waals surface area contributed by atoms with Crippen molar-refractivity contribution >= 4 is 11.9 Å². The maximum atomic E-state index is 11.2. The van der Waals surface area contributed by atoms with Gasteiger partial charge in [-0.05, 0) is 72.2 Å². The van der Waals surface area contributed by atoms with E-state index in [0.717, 1.165) is 36.8 Å². The Labute approximate surface area is 187 Å². The van der Waals surface area contributed by atoms with Crippen LogP contribution in [0.15, 0.2) is 60.7 Å². The van der Waals surface area contributed by atoms with Crippen LogP contribution in [0, 0.1) is 0 Å². The number of hydrogen-bond donors (Lipinski definition) is 2. The minimum Gasteiger partial charge on any atom is -0.496 e. The molecule has 6 heteroatoms. The van der Waals surface area contributed by atoms with E-state index < -0.39 is 11.9 Å². The Morgan fingerprint density at radius 2 is 1.00 bits per heavy atom. The Kier molecular flexibility index (Phi) is 7.49. The summed E-state index contributed by atoms with van der Waals surface area (Å²) in [5.74, 6) is -1.27. The van der Waals surface area contributed by atoms with Crippen molar-refractivity contribution in [3.63, 3.8) is 0 Å². The third-order valence-corrected chi connectivity index (χ3v) is 5.39. The first-order valence-electron chi connectivity index (χ1n) is 10.3. The number of carbonyl (C=O) groups is 2. The lowest BCUT2D eigenvalue weighted by Gasteiger charge is -2.10. The molecule has 0 heterocycles. The van der Waals surface area contributed by atoms with E-state index in [2.05, 4.69) is 18.2 Å². The van der Waals surface area contributed by atoms with Gasteiger partial charge in [0.25, 0.3) is 0 Å². The number of carboxylic acids is 2. The molecule has 2 N–H and O–H groups in total. The molecule has 0 aromatic heterocycles. The molecule has 0 bridgehead atoms. The number of benzene rings is 3. The number of aromatic carboxylic acids is 2. The molecule has 32 heavy (non-hydrogen) atoms. The largest absolute Gasteiger partial charge is 0.496 e. The summed E-state index contributed by atoms with van der Waals surface area (Å²) in [6.45, 7) is 0. The first-order chi connectivity index (χ1) is 15.4. The number of rotatable bonds is 10. The van der Waals surface area contributed by atoms with E-state index in [0.29, 0.717) is 11.5 Å². The van der Waals surface area contributed by atoms with Crippen LogP contribution in [0.25, 0.3) is 0 Å². The van der Waals surface area contributed by atoms with Gasteiger partial charge in [-0.1, -0.05) is 36.4 Å². The van der Waals surface area contributed by atoms with Crippen molar-refractivity contribution in [2.45, 2.75) is 25.7 Å². The van der Waals surface area contributed by atoms with Gasteiger partial charge in [-0.15, -0.1) is 0 Å². The predicted molar refractivity (Wildman–Crippen MR) is 121 cm³/mol. The number of aryl methyl sites for hydroxylation is 4. The van der Waals surface area contributed by atoms with Crippen molar-refractivity contribution in [1.82, 2.24) is 0 Å². The third-order valence-electron chi connectivity index (χ3n) is 5.39. The fraction of sp³-hybridized carbons (Fsp3) is 0.231. The molecule has 3 rings (SSSR count). The molecule has 0 spiro atoms. The second kappa shape index (κ2) is 10.5. The molecule has 0 atom stereocenters. The van der Waals surface area contributed by atoms with Gasteiger partial charge in [0.1, 0.15) is 22.6 Å². The Hall–Kier alpha value is -3.80. The number of carboxylic acid groups (broad SMARTS) is 2. The molecule has 166 valence electrons. The molecular weight excluding hydrogens is 408 g/mol. The summed E-state index contributed by atoms with van der Waals surface area (Å²) in [7, 11) is 2.94. The van der Waals surface area contributed by atoms with Crippen LogP contribution in [0.2, 0.25) is 0 Å². The second-order valence-corrected chi connectivity index (χ2v) is 7.50. The van der Waals surface area contributed by atoms with Crippen molar-refractivity contribution in [2.75, 3.05) is 14.2 Å². The van der Waals surface area contributed by atoms with Crippen LogP contribution < -0.4 is 9.47 Å². The van der Waals surface area contributed by atoms with Crippen LogP contribution in [0.3, 0.4) is 0 Å². The lowest BCUT2D eigenvalue weighted by molar-refractivity contribution is 0.0682. The van der Waals surface area contributed by atoms with Crippen molar-refractivity contribution < 1.29 is 29.3 Å². The molecule has 0 radical (unpaired) electrons. The van der Waals surface area contributed by atoms with Gasteiger partial charge < -0.3 is 19.7 Å². The zero-order valence-corrected chi connectivity index (χ0v) is 18.1. The van der Waals surface area contributed by atoms with Crippen LogP contribution in [0.5, 0.6) is 11.5 Å². The second-order valence-electron chi connectivity index (χ2n) is 7.50. The molecule has 0 unspecified atom stereocenters. The highest BCUT2D eigenvalue weighted by Gasteiger charge is 2.12. The fourth-order valence-electron chi connectivity index (χ4n) is 3.65. The number of hydrogen-bond acceptors (Lipinski definition) is 4. The maximum Gasteiger partial charge on any atom is 0.339 e. The van der Waals surface area contributed by atoms with Crippen LogP contribution in [0.4, 0.5) is 0 Å². The summed E-state index contributed by atoms with van der Waals surface area (Å²) in [5.41, 5.74) is 4.74. The molecule has 6 nitrogen and oxygen atoms in total. The SMILES string of the molecule is COc1cc(CCc2cccc(CCc3ccc(C(=O)O)c(OC)c3)c2)ccc1C(=O)O. The molecule has 0 aliphatic carbocycles. The average Bonchev–Trinajstić information content (AvgIpc) is 2.81. The van der Waals surface area contributed by atoms with Gasteiger partial charge in [0.15, 0.2) is 0 Å². The highest BCUT2D eigenvalue weighted by Crippen LogP contribution is 2.23. The summed E-state index contributed by atoms with van der Waals surface area (Å²) in [6.07, 6.45) is 3.19. The first kappa shape index (κ1) is 22.9. The van der Waals surface area contributed by atoms with E-state index in [9.17, 15) is 19.8 Å². The summed E-state index contributed by atoms with van der Waals surface area (Å²) in [5, 5.41) is 18.4. The third kappa shape index (κ3) is 5.66. The monoisotopic (exact) mass is 434 g/mol. The Bertz CT molecular complexity index is 1030. The highest BCUT2D eigenvalue weighted by molar-refractivity contribution is 5.91. The molecular formula is C26H26O6. The van der Waals surface area contributed by atoms with Crippen molar-refractivity contribution in [3.8, 4) is 11.5 Å². The lowest BCUT2D eigenvalue weighted by atomic mass is 9.98. The zero-order valence-electron chi connectivity index (χ0n) is 18.1. The molecule has 0 aliphatic heterocycles. The summed E-state index contributed by atoms with van der Waals surface area (Å²) in [6, 6.07) is 18.7. The van der Waals surface area contributed by atoms with E-state index in [1.165, 1.54) is 25.3 Å². The summed E-state index contributed by atoms with van der Waals surface area (Å²) < 4.78 is 10.4. The van der Waals surface area contributed by atoms with Gasteiger partial charge in [-0.2, -0.15) is 0 Å². The van der Waals surface area contributed by atoms with E-state index >= 15 is 0 Å². The normalized spacial score (nSPS) is 10.6. The predicted octanol–water partition coefficient (Wildman–Crippen LogP) is 4.67. The topological polar surface area (TPSA) is 93.1 Å². The maximum absolute atomic E-state index is 11.2. The average molecular weight is 434 g/mol. The van der Waals surface area contributed by atoms with Crippen LogP contribution in [-0.2, 0) is 25.7 Å². The molecule has 0 saturated heterocycles. The first-order valence-corrected chi connectivity index (χ1v) is 10.3. The van der Waals surface area contributed by atoms with Gasteiger partial charge in [-0.3, -0.25) is 0 Å². The standard InChI is InChI=1S/C26H26O6/c1-31-23-15-19(10-12-21(23)25(27)28)8-6-17-4-3-5-18(14-17)7-9-20-11-13-22(26(29)30)24(16-20)32-2/h3-5,10-16H,6-9H2,1-2H3,(H,27,28)(H,29,30). The summed E-state index contributed by atoms with van der Waals surface area (Å²) >= 11 is 0. The van der Waals surface area contributed by atoms with E-state index in [4.69, 9.17) is 9.47 Å². The van der Waals surface area contributed by atoms with E-state index in [1.54, 1.807) is 24.3 Å². The Morgan fingerprint density at radius 3 is 1.34 bits per heavy atom. The summed E-state index contributed by atoms with van der Waals surface area (Å²) in [4.78, 5) is 22.5. The molecule has 0 aliphatic rings. The molecule has 0 fully saturated rings. The Morgan fingerprint density at radius 1 is 0.625 bits per heavy atom. The Balaban J connectivity index is 1.64. The molecule has 3 aromatic rings. The quantitative estimate of drug-likeness (QED) is 0.482. The van der Waals surface area contributed by atoms with Gasteiger partial charge in [0.05, 0.1) is 14.2 Å². The minimum absolute atomic E-state index is 0.159. The molecule has 3 aromatic carbocycles. The van der Waals surface area contributed by atoms with Gasteiger partial charge in [0, 0.05) is 0 Å². The van der Waals surface area contributed by atoms with Crippen molar-refractivity contribution in [1.29, 1.82) is 0 Å². The lowest BCUT2D eigenvalue weighted by Crippen LogP contribution is -2.02. The highest BCUT2D eigenvalue weighted by atomic mass is 16.5. The molecule has 0 saturated carbocycles. The number of ether oxygens (including phenoxy) is 2. The van der Waals surface area contributed by atoms with Crippen molar-refractivity contribution in [2.24, 2.45) is 0 Å². The smallest absolute Gasteiger partial charge is 0.339 e.